The van der Waals surface area contributed by atoms with Crippen LogP contribution in [0.4, 0.5) is 0 Å². The molecule has 1 saturated heterocycles. The molecule has 138 valence electrons. The van der Waals surface area contributed by atoms with Crippen LogP contribution in [-0.4, -0.2) is 46.0 Å². The fourth-order valence-corrected chi connectivity index (χ4v) is 3.93. The van der Waals surface area contributed by atoms with E-state index in [0.717, 1.165) is 61.2 Å². The molecule has 1 amide bonds. The number of piperidine rings is 1. The lowest BCUT2D eigenvalue weighted by Gasteiger charge is -2.32. The van der Waals surface area contributed by atoms with Crippen molar-refractivity contribution in [3.63, 3.8) is 0 Å². The van der Waals surface area contributed by atoms with E-state index in [0.29, 0.717) is 6.04 Å². The molecule has 1 saturated carbocycles. The number of hydrogen-bond acceptors (Lipinski definition) is 3. The topological polar surface area (TPSA) is 50.2 Å². The van der Waals surface area contributed by atoms with Gasteiger partial charge in [0.1, 0.15) is 5.82 Å². The molecule has 0 spiro atoms. The number of likely N-dealkylation sites (tertiary alicyclic amines) is 1. The highest BCUT2D eigenvalue weighted by Crippen LogP contribution is 2.28. The Morgan fingerprint density at radius 1 is 1.19 bits per heavy atom. The Kier molecular flexibility index (Phi) is 4.81. The summed E-state index contributed by atoms with van der Waals surface area (Å²) in [5.41, 5.74) is 2.82. The van der Waals surface area contributed by atoms with E-state index in [1.807, 2.05) is 43.0 Å². The normalized spacial score (nSPS) is 18.3. The first-order valence-corrected chi connectivity index (χ1v) is 9.76. The van der Waals surface area contributed by atoms with Crippen LogP contribution in [0.25, 0.3) is 5.82 Å². The molecule has 0 aromatic carbocycles. The van der Waals surface area contributed by atoms with Gasteiger partial charge in [0.15, 0.2) is 0 Å². The first-order chi connectivity index (χ1) is 12.6. The van der Waals surface area contributed by atoms with Gasteiger partial charge >= 0.3 is 0 Å². The molecular formula is C21H28N4O. The zero-order chi connectivity index (χ0) is 18.1. The van der Waals surface area contributed by atoms with Gasteiger partial charge in [-0.05, 0) is 70.2 Å². The van der Waals surface area contributed by atoms with Crippen LogP contribution in [0.3, 0.4) is 0 Å². The van der Waals surface area contributed by atoms with Gasteiger partial charge in [-0.15, -0.1) is 0 Å². The van der Waals surface area contributed by atoms with Crippen LogP contribution in [0.15, 0.2) is 30.5 Å². The predicted octanol–water partition coefficient (Wildman–Crippen LogP) is 3.09. The van der Waals surface area contributed by atoms with E-state index < -0.39 is 0 Å². The van der Waals surface area contributed by atoms with Gasteiger partial charge in [0.05, 0.1) is 5.56 Å². The molecule has 1 aliphatic heterocycles. The van der Waals surface area contributed by atoms with E-state index in [1.54, 1.807) is 6.20 Å². The molecule has 0 radical (unpaired) electrons. The molecule has 2 aromatic rings. The Labute approximate surface area is 155 Å². The molecule has 0 bridgehead atoms. The average molecular weight is 352 g/mol. The number of nitrogens with zero attached hydrogens (tertiary/aromatic N) is 3. The Morgan fingerprint density at radius 3 is 2.62 bits per heavy atom. The Hall–Kier alpha value is -2.14. The maximum atomic E-state index is 13.1. The van der Waals surface area contributed by atoms with Crippen molar-refractivity contribution in [2.45, 2.75) is 45.6 Å². The van der Waals surface area contributed by atoms with E-state index in [-0.39, 0.29) is 5.91 Å². The average Bonchev–Trinajstić information content (AvgIpc) is 3.45. The maximum Gasteiger partial charge on any atom is 0.255 e. The molecule has 26 heavy (non-hydrogen) atoms. The monoisotopic (exact) mass is 352 g/mol. The van der Waals surface area contributed by atoms with Crippen LogP contribution in [0, 0.1) is 19.8 Å². The van der Waals surface area contributed by atoms with Crippen molar-refractivity contribution in [1.82, 2.24) is 19.8 Å². The van der Waals surface area contributed by atoms with Gasteiger partial charge in [-0.1, -0.05) is 6.07 Å². The summed E-state index contributed by atoms with van der Waals surface area (Å²) in [4.78, 5) is 19.5. The van der Waals surface area contributed by atoms with E-state index in [4.69, 9.17) is 0 Å². The largest absolute Gasteiger partial charge is 0.338 e. The van der Waals surface area contributed by atoms with Crippen molar-refractivity contribution in [3.05, 3.63) is 47.4 Å². The number of carbonyl (C=O) groups excluding carboxylic acids is 1. The summed E-state index contributed by atoms with van der Waals surface area (Å²) < 4.78 is 2.07. The zero-order valence-corrected chi connectivity index (χ0v) is 15.7. The molecule has 1 aliphatic carbocycles. The van der Waals surface area contributed by atoms with Crippen LogP contribution in [-0.2, 0) is 0 Å². The molecule has 3 heterocycles. The molecule has 0 atom stereocenters. The first kappa shape index (κ1) is 17.3. The van der Waals surface area contributed by atoms with E-state index in [2.05, 4.69) is 14.9 Å². The maximum absolute atomic E-state index is 13.1. The second kappa shape index (κ2) is 7.23. The molecular weight excluding hydrogens is 324 g/mol. The molecule has 2 aromatic heterocycles. The highest BCUT2D eigenvalue weighted by atomic mass is 16.2. The van der Waals surface area contributed by atoms with Crippen molar-refractivity contribution < 1.29 is 4.79 Å². The number of nitrogens with one attached hydrogen (secondary N) is 1. The summed E-state index contributed by atoms with van der Waals surface area (Å²) in [7, 11) is 0. The molecule has 5 nitrogen and oxygen atoms in total. The second-order valence-corrected chi connectivity index (χ2v) is 7.73. The molecule has 5 heteroatoms. The summed E-state index contributed by atoms with van der Waals surface area (Å²) in [6.07, 6.45) is 6.66. The lowest BCUT2D eigenvalue weighted by atomic mass is 10.0. The van der Waals surface area contributed by atoms with Crippen LogP contribution < -0.4 is 5.32 Å². The van der Waals surface area contributed by atoms with Gasteiger partial charge in [0.25, 0.3) is 5.91 Å². The molecule has 2 fully saturated rings. The Morgan fingerprint density at radius 2 is 1.96 bits per heavy atom. The van der Waals surface area contributed by atoms with Crippen molar-refractivity contribution in [1.29, 1.82) is 0 Å². The number of amides is 1. The molecule has 1 N–H and O–H groups in total. The van der Waals surface area contributed by atoms with Gasteiger partial charge in [-0.25, -0.2) is 4.98 Å². The molecule has 4 rings (SSSR count). The minimum atomic E-state index is 0.154. The van der Waals surface area contributed by atoms with Crippen molar-refractivity contribution in [3.8, 4) is 5.82 Å². The third kappa shape index (κ3) is 3.54. The highest BCUT2D eigenvalue weighted by molar-refractivity contribution is 5.96. The van der Waals surface area contributed by atoms with E-state index in [9.17, 15) is 4.79 Å². The number of rotatable bonds is 5. The van der Waals surface area contributed by atoms with Crippen LogP contribution in [0.2, 0.25) is 0 Å². The third-order valence-electron chi connectivity index (χ3n) is 5.71. The predicted molar refractivity (Wildman–Crippen MR) is 103 cm³/mol. The van der Waals surface area contributed by atoms with Gasteiger partial charge in [0, 0.05) is 36.7 Å². The summed E-state index contributed by atoms with van der Waals surface area (Å²) in [5, 5.41) is 3.68. The Bertz CT molecular complexity index is 771. The van der Waals surface area contributed by atoms with Crippen LogP contribution >= 0.6 is 0 Å². The number of carbonyl (C=O) groups is 1. The van der Waals surface area contributed by atoms with Gasteiger partial charge in [0.2, 0.25) is 0 Å². The van der Waals surface area contributed by atoms with Gasteiger partial charge in [-0.3, -0.25) is 4.79 Å². The fraction of sp³-hybridized carbons (Fsp3) is 0.524. The van der Waals surface area contributed by atoms with E-state index >= 15 is 0 Å². The molecule has 2 aliphatic rings. The van der Waals surface area contributed by atoms with Gasteiger partial charge in [-0.2, -0.15) is 0 Å². The van der Waals surface area contributed by atoms with Crippen LogP contribution in [0.1, 0.15) is 47.4 Å². The third-order valence-corrected chi connectivity index (χ3v) is 5.71. The van der Waals surface area contributed by atoms with Crippen molar-refractivity contribution >= 4 is 5.91 Å². The van der Waals surface area contributed by atoms with Crippen LogP contribution in [0.5, 0.6) is 0 Å². The Balaban J connectivity index is 1.44. The van der Waals surface area contributed by atoms with Crippen molar-refractivity contribution in [2.24, 2.45) is 5.92 Å². The number of hydrogen-bond donors (Lipinski definition) is 1. The minimum absolute atomic E-state index is 0.154. The summed E-state index contributed by atoms with van der Waals surface area (Å²) in [5.74, 6) is 1.93. The van der Waals surface area contributed by atoms with Gasteiger partial charge < -0.3 is 14.8 Å². The standard InChI is InChI=1S/C21H28N4O/c1-15-13-19(16(2)25(15)20-5-3-4-10-22-20)21(26)24-11-8-18(9-12-24)23-14-17-6-7-17/h3-5,10,13,17-18,23H,6-9,11-12,14H2,1-2H3. The summed E-state index contributed by atoms with van der Waals surface area (Å²) in [6, 6.07) is 8.43. The smallest absolute Gasteiger partial charge is 0.255 e. The lowest BCUT2D eigenvalue weighted by Crippen LogP contribution is -2.45. The quantitative estimate of drug-likeness (QED) is 0.900. The first-order valence-electron chi connectivity index (χ1n) is 9.76. The zero-order valence-electron chi connectivity index (χ0n) is 15.7. The number of aromatic nitrogens is 2. The summed E-state index contributed by atoms with van der Waals surface area (Å²) >= 11 is 0. The summed E-state index contributed by atoms with van der Waals surface area (Å²) in [6.45, 7) is 6.89. The minimum Gasteiger partial charge on any atom is -0.338 e. The highest BCUT2D eigenvalue weighted by Gasteiger charge is 2.28. The fourth-order valence-electron chi connectivity index (χ4n) is 3.93. The van der Waals surface area contributed by atoms with E-state index in [1.165, 1.54) is 12.8 Å². The number of aryl methyl sites for hydroxylation is 1. The second-order valence-electron chi connectivity index (χ2n) is 7.73. The van der Waals surface area contributed by atoms with Crippen molar-refractivity contribution in [2.75, 3.05) is 19.6 Å². The number of pyridine rings is 1. The molecule has 0 unspecified atom stereocenters. The SMILES string of the molecule is Cc1cc(C(=O)N2CCC(NCC3CC3)CC2)c(C)n1-c1ccccn1. The lowest BCUT2D eigenvalue weighted by molar-refractivity contribution is 0.0704.